The van der Waals surface area contributed by atoms with Crippen LogP contribution in [0.3, 0.4) is 0 Å². The molecular weight excluding hydrogens is 244 g/mol. The molecule has 1 aromatic heterocycles. The molecule has 2 rings (SSSR count). The topological polar surface area (TPSA) is 64.4 Å². The molecule has 5 nitrogen and oxygen atoms in total. The Balaban J connectivity index is 2.26. The van der Waals surface area contributed by atoms with E-state index in [4.69, 9.17) is 9.26 Å². The molecule has 1 N–H and O–H groups in total. The minimum absolute atomic E-state index is 0.212. The molecule has 0 saturated heterocycles. The fourth-order valence-corrected chi connectivity index (χ4v) is 1.86. The van der Waals surface area contributed by atoms with Gasteiger partial charge in [0.25, 0.3) is 5.91 Å². The van der Waals surface area contributed by atoms with Crippen molar-refractivity contribution in [1.29, 1.82) is 0 Å². The normalized spacial score (nSPS) is 10.3. The Kier molecular flexibility index (Phi) is 3.55. The second kappa shape index (κ2) is 5.14. The van der Waals surface area contributed by atoms with Crippen LogP contribution in [-0.2, 0) is 0 Å². The number of anilines is 1. The van der Waals surface area contributed by atoms with Gasteiger partial charge in [0.2, 0.25) is 0 Å². The SMILES string of the molecule is COc1cc(C)c(C(=O)Nc2cc(C)on2)cc1C. The smallest absolute Gasteiger partial charge is 0.257 e. The average Bonchev–Trinajstić information content (AvgIpc) is 2.77. The Morgan fingerprint density at radius 1 is 1.21 bits per heavy atom. The molecule has 5 heteroatoms. The van der Waals surface area contributed by atoms with Crippen molar-refractivity contribution < 1.29 is 14.1 Å². The Bertz CT molecular complexity index is 617. The van der Waals surface area contributed by atoms with Crippen LogP contribution in [0.2, 0.25) is 0 Å². The van der Waals surface area contributed by atoms with E-state index in [-0.39, 0.29) is 5.91 Å². The van der Waals surface area contributed by atoms with Crippen molar-refractivity contribution in [3.63, 3.8) is 0 Å². The maximum atomic E-state index is 12.2. The lowest BCUT2D eigenvalue weighted by molar-refractivity contribution is 0.102. The van der Waals surface area contributed by atoms with Crippen molar-refractivity contribution in [2.45, 2.75) is 20.8 Å². The van der Waals surface area contributed by atoms with Crippen molar-refractivity contribution in [3.8, 4) is 5.75 Å². The molecule has 0 atom stereocenters. The summed E-state index contributed by atoms with van der Waals surface area (Å²) in [4.78, 5) is 12.2. The van der Waals surface area contributed by atoms with E-state index in [0.717, 1.165) is 16.9 Å². The van der Waals surface area contributed by atoms with E-state index in [2.05, 4.69) is 10.5 Å². The minimum atomic E-state index is -0.212. The number of nitrogens with one attached hydrogen (secondary N) is 1. The second-order valence-corrected chi connectivity index (χ2v) is 4.41. The summed E-state index contributed by atoms with van der Waals surface area (Å²) in [7, 11) is 1.61. The van der Waals surface area contributed by atoms with Gasteiger partial charge < -0.3 is 14.6 Å². The van der Waals surface area contributed by atoms with Crippen molar-refractivity contribution in [2.75, 3.05) is 12.4 Å². The van der Waals surface area contributed by atoms with Crippen LogP contribution in [0.1, 0.15) is 27.2 Å². The standard InChI is InChI=1S/C14H16N2O3/c1-8-6-12(18-4)9(2)5-11(8)14(17)15-13-7-10(3)19-16-13/h5-7H,1-4H3,(H,15,16,17). The lowest BCUT2D eigenvalue weighted by Crippen LogP contribution is -2.14. The molecule has 1 amide bonds. The van der Waals surface area contributed by atoms with Gasteiger partial charge in [-0.1, -0.05) is 5.16 Å². The van der Waals surface area contributed by atoms with Gasteiger partial charge in [-0.3, -0.25) is 4.79 Å². The molecule has 2 aromatic rings. The molecule has 0 saturated carbocycles. The van der Waals surface area contributed by atoms with Crippen molar-refractivity contribution in [3.05, 3.63) is 40.6 Å². The lowest BCUT2D eigenvalue weighted by Gasteiger charge is -2.10. The highest BCUT2D eigenvalue weighted by atomic mass is 16.5. The molecule has 0 aliphatic carbocycles. The summed E-state index contributed by atoms with van der Waals surface area (Å²) < 4.78 is 10.1. The number of aromatic nitrogens is 1. The molecule has 100 valence electrons. The fourth-order valence-electron chi connectivity index (χ4n) is 1.86. The first kappa shape index (κ1) is 13.1. The van der Waals surface area contributed by atoms with E-state index in [0.29, 0.717) is 17.1 Å². The zero-order valence-corrected chi connectivity index (χ0v) is 11.4. The van der Waals surface area contributed by atoms with Gasteiger partial charge in [-0.2, -0.15) is 0 Å². The predicted octanol–water partition coefficient (Wildman–Crippen LogP) is 2.86. The molecule has 0 fully saturated rings. The predicted molar refractivity (Wildman–Crippen MR) is 71.7 cm³/mol. The number of amides is 1. The van der Waals surface area contributed by atoms with Crippen LogP contribution in [0.25, 0.3) is 0 Å². The van der Waals surface area contributed by atoms with Gasteiger partial charge in [0.05, 0.1) is 7.11 Å². The van der Waals surface area contributed by atoms with Crippen molar-refractivity contribution in [2.24, 2.45) is 0 Å². The molecule has 0 bridgehead atoms. The molecule has 0 aliphatic heterocycles. The zero-order chi connectivity index (χ0) is 14.0. The van der Waals surface area contributed by atoms with Gasteiger partial charge in [-0.25, -0.2) is 0 Å². The molecule has 0 spiro atoms. The highest BCUT2D eigenvalue weighted by molar-refractivity contribution is 6.05. The third-order valence-corrected chi connectivity index (χ3v) is 2.86. The largest absolute Gasteiger partial charge is 0.496 e. The first-order chi connectivity index (χ1) is 9.01. The van der Waals surface area contributed by atoms with Gasteiger partial charge in [0.15, 0.2) is 5.82 Å². The van der Waals surface area contributed by atoms with Crippen molar-refractivity contribution in [1.82, 2.24) is 5.16 Å². The van der Waals surface area contributed by atoms with Crippen LogP contribution in [0.5, 0.6) is 5.75 Å². The summed E-state index contributed by atoms with van der Waals surface area (Å²) in [5.41, 5.74) is 2.36. The number of carbonyl (C=O) groups excluding carboxylic acids is 1. The Morgan fingerprint density at radius 3 is 2.53 bits per heavy atom. The molecule has 0 unspecified atom stereocenters. The number of hydrogen-bond acceptors (Lipinski definition) is 4. The molecule has 1 heterocycles. The second-order valence-electron chi connectivity index (χ2n) is 4.41. The van der Waals surface area contributed by atoms with E-state index in [1.165, 1.54) is 0 Å². The number of aryl methyl sites for hydroxylation is 3. The van der Waals surface area contributed by atoms with Gasteiger partial charge in [0, 0.05) is 11.6 Å². The maximum Gasteiger partial charge on any atom is 0.257 e. The number of carbonyl (C=O) groups is 1. The Labute approximate surface area is 111 Å². The summed E-state index contributed by atoms with van der Waals surface area (Å²) in [6, 6.07) is 5.32. The minimum Gasteiger partial charge on any atom is -0.496 e. The fraction of sp³-hybridized carbons (Fsp3) is 0.286. The number of nitrogens with zero attached hydrogens (tertiary/aromatic N) is 1. The monoisotopic (exact) mass is 260 g/mol. The first-order valence-electron chi connectivity index (χ1n) is 5.91. The molecule has 1 aromatic carbocycles. The first-order valence-corrected chi connectivity index (χ1v) is 5.91. The Morgan fingerprint density at radius 2 is 1.95 bits per heavy atom. The zero-order valence-electron chi connectivity index (χ0n) is 11.4. The molecule has 19 heavy (non-hydrogen) atoms. The number of benzene rings is 1. The number of rotatable bonds is 3. The summed E-state index contributed by atoms with van der Waals surface area (Å²) in [5.74, 6) is 1.62. The maximum absolute atomic E-state index is 12.2. The third-order valence-electron chi connectivity index (χ3n) is 2.86. The van der Waals surface area contributed by atoms with Gasteiger partial charge in [-0.15, -0.1) is 0 Å². The quantitative estimate of drug-likeness (QED) is 0.921. The van der Waals surface area contributed by atoms with Gasteiger partial charge >= 0.3 is 0 Å². The molecular formula is C14H16N2O3. The third kappa shape index (κ3) is 2.76. The lowest BCUT2D eigenvalue weighted by atomic mass is 10.0. The van der Waals surface area contributed by atoms with E-state index in [1.54, 1.807) is 26.2 Å². The number of hydrogen-bond donors (Lipinski definition) is 1. The van der Waals surface area contributed by atoms with Gasteiger partial charge in [0.1, 0.15) is 11.5 Å². The summed E-state index contributed by atoms with van der Waals surface area (Å²) in [6.07, 6.45) is 0. The number of methoxy groups -OCH3 is 1. The summed E-state index contributed by atoms with van der Waals surface area (Å²) >= 11 is 0. The van der Waals surface area contributed by atoms with Crippen molar-refractivity contribution >= 4 is 11.7 Å². The highest BCUT2D eigenvalue weighted by Gasteiger charge is 2.13. The average molecular weight is 260 g/mol. The Hall–Kier alpha value is -2.30. The van der Waals surface area contributed by atoms with E-state index >= 15 is 0 Å². The van der Waals surface area contributed by atoms with Crippen LogP contribution in [0.4, 0.5) is 5.82 Å². The van der Waals surface area contributed by atoms with Crippen LogP contribution < -0.4 is 10.1 Å². The molecule has 0 aliphatic rings. The summed E-state index contributed by atoms with van der Waals surface area (Å²) in [5, 5.41) is 6.44. The van der Waals surface area contributed by atoms with E-state index in [1.807, 2.05) is 19.9 Å². The molecule has 0 radical (unpaired) electrons. The van der Waals surface area contributed by atoms with Crippen LogP contribution in [0.15, 0.2) is 22.7 Å². The summed E-state index contributed by atoms with van der Waals surface area (Å²) in [6.45, 7) is 5.53. The highest BCUT2D eigenvalue weighted by Crippen LogP contribution is 2.23. The van der Waals surface area contributed by atoms with E-state index in [9.17, 15) is 4.79 Å². The van der Waals surface area contributed by atoms with Gasteiger partial charge in [-0.05, 0) is 44.0 Å². The van der Waals surface area contributed by atoms with Crippen LogP contribution in [0, 0.1) is 20.8 Å². The number of ether oxygens (including phenoxy) is 1. The van der Waals surface area contributed by atoms with E-state index < -0.39 is 0 Å². The van der Waals surface area contributed by atoms with Crippen LogP contribution >= 0.6 is 0 Å². The van der Waals surface area contributed by atoms with Crippen LogP contribution in [-0.4, -0.2) is 18.2 Å².